The predicted octanol–water partition coefficient (Wildman–Crippen LogP) is 2.02. The standard InChI is InChI=1S/C6H6N2S/c1-5(9-3)6(4-7)8-2/h1,3H3/b6-5-. The summed E-state index contributed by atoms with van der Waals surface area (Å²) in [5, 5.41) is 8.29. The number of rotatable bonds is 1. The third-order valence-corrected chi connectivity index (χ3v) is 1.66. The minimum atomic E-state index is 0.197. The number of hydrogen-bond acceptors (Lipinski definition) is 2. The Morgan fingerprint density at radius 3 is 2.44 bits per heavy atom. The highest BCUT2D eigenvalue weighted by molar-refractivity contribution is 8.02. The average molecular weight is 138 g/mol. The molecule has 0 radical (unpaired) electrons. The van der Waals surface area contributed by atoms with Crippen LogP contribution in [0.25, 0.3) is 4.85 Å². The summed E-state index contributed by atoms with van der Waals surface area (Å²) < 4.78 is 0. The second-order valence-electron chi connectivity index (χ2n) is 1.33. The van der Waals surface area contributed by atoms with Gasteiger partial charge >= 0.3 is 0 Å². The predicted molar refractivity (Wildman–Crippen MR) is 38.4 cm³/mol. The van der Waals surface area contributed by atoms with Crippen molar-refractivity contribution in [3.63, 3.8) is 0 Å². The van der Waals surface area contributed by atoms with E-state index in [-0.39, 0.29) is 5.70 Å². The van der Waals surface area contributed by atoms with E-state index in [0.717, 1.165) is 4.91 Å². The molecule has 0 amide bonds. The van der Waals surface area contributed by atoms with Crippen LogP contribution in [0.2, 0.25) is 0 Å². The van der Waals surface area contributed by atoms with Crippen LogP contribution in [-0.2, 0) is 0 Å². The molecule has 2 nitrogen and oxygen atoms in total. The van der Waals surface area contributed by atoms with Gasteiger partial charge < -0.3 is 0 Å². The van der Waals surface area contributed by atoms with E-state index >= 15 is 0 Å². The molecule has 0 saturated heterocycles. The molecule has 0 aliphatic carbocycles. The van der Waals surface area contributed by atoms with Crippen LogP contribution >= 0.6 is 11.8 Å². The van der Waals surface area contributed by atoms with Crippen molar-refractivity contribution in [2.24, 2.45) is 0 Å². The van der Waals surface area contributed by atoms with Gasteiger partial charge in [-0.1, -0.05) is 0 Å². The number of hydrogen-bond donors (Lipinski definition) is 0. The summed E-state index contributed by atoms with van der Waals surface area (Å²) >= 11 is 1.43. The van der Waals surface area contributed by atoms with Crippen molar-refractivity contribution in [3.8, 4) is 6.07 Å². The first-order chi connectivity index (χ1) is 4.26. The SMILES string of the molecule is [C-]#[N+]/C(C#N)=C(/C)SC. The number of nitriles is 1. The summed E-state index contributed by atoms with van der Waals surface area (Å²) in [6, 6.07) is 1.81. The highest BCUT2D eigenvalue weighted by atomic mass is 32.2. The molecule has 3 heteroatoms. The molecule has 0 unspecified atom stereocenters. The lowest BCUT2D eigenvalue weighted by Gasteiger charge is -1.89. The fraction of sp³-hybridized carbons (Fsp3) is 0.333. The van der Waals surface area contributed by atoms with Crippen molar-refractivity contribution in [1.82, 2.24) is 0 Å². The highest BCUT2D eigenvalue weighted by Crippen LogP contribution is 2.15. The van der Waals surface area contributed by atoms with Crippen LogP contribution in [0.4, 0.5) is 0 Å². The zero-order chi connectivity index (χ0) is 7.28. The molecule has 0 aromatic rings. The lowest BCUT2D eigenvalue weighted by molar-refractivity contribution is 1.47. The van der Waals surface area contributed by atoms with Crippen molar-refractivity contribution in [1.29, 1.82) is 5.26 Å². The third-order valence-electron chi connectivity index (χ3n) is 0.857. The summed E-state index contributed by atoms with van der Waals surface area (Å²) in [4.78, 5) is 3.81. The topological polar surface area (TPSA) is 28.1 Å². The molecule has 0 saturated carbocycles. The van der Waals surface area contributed by atoms with E-state index in [1.807, 2.05) is 12.3 Å². The van der Waals surface area contributed by atoms with Crippen LogP contribution in [0.3, 0.4) is 0 Å². The molecule has 0 aliphatic heterocycles. The van der Waals surface area contributed by atoms with Crippen LogP contribution in [0, 0.1) is 17.9 Å². The Hall–Kier alpha value is -0.930. The number of nitrogens with zero attached hydrogens (tertiary/aromatic N) is 2. The molecule has 0 heterocycles. The molecule has 0 fully saturated rings. The van der Waals surface area contributed by atoms with Gasteiger partial charge in [-0.2, -0.15) is 0 Å². The molecule has 0 aliphatic rings. The largest absolute Gasteiger partial charge is 0.270 e. The Kier molecular flexibility index (Phi) is 3.59. The first-order valence-corrected chi connectivity index (χ1v) is 3.51. The van der Waals surface area contributed by atoms with Gasteiger partial charge in [0.05, 0.1) is 12.6 Å². The second kappa shape index (κ2) is 4.00. The zero-order valence-electron chi connectivity index (χ0n) is 5.30. The van der Waals surface area contributed by atoms with E-state index < -0.39 is 0 Å². The van der Waals surface area contributed by atoms with Crippen LogP contribution in [0.1, 0.15) is 6.92 Å². The lowest BCUT2D eigenvalue weighted by atomic mass is 10.5. The zero-order valence-corrected chi connectivity index (χ0v) is 6.12. The van der Waals surface area contributed by atoms with E-state index in [4.69, 9.17) is 11.8 Å². The average Bonchev–Trinajstić information content (AvgIpc) is 1.90. The van der Waals surface area contributed by atoms with Crippen LogP contribution < -0.4 is 0 Å². The van der Waals surface area contributed by atoms with Gasteiger partial charge in [-0.25, -0.2) is 10.1 Å². The van der Waals surface area contributed by atoms with E-state index in [0.29, 0.717) is 0 Å². The van der Waals surface area contributed by atoms with Gasteiger partial charge in [0.15, 0.2) is 0 Å². The monoisotopic (exact) mass is 138 g/mol. The van der Waals surface area contributed by atoms with Gasteiger partial charge in [-0.15, -0.1) is 11.8 Å². The van der Waals surface area contributed by atoms with E-state index in [1.54, 1.807) is 6.92 Å². The maximum atomic E-state index is 8.29. The van der Waals surface area contributed by atoms with Gasteiger partial charge in [0.2, 0.25) is 0 Å². The molecular formula is C6H6N2S. The Bertz CT molecular complexity index is 188. The minimum Gasteiger partial charge on any atom is -0.226 e. The minimum absolute atomic E-state index is 0.197. The number of thioether (sulfide) groups is 1. The Morgan fingerprint density at radius 1 is 1.78 bits per heavy atom. The lowest BCUT2D eigenvalue weighted by Crippen LogP contribution is -1.72. The Morgan fingerprint density at radius 2 is 2.33 bits per heavy atom. The molecular weight excluding hydrogens is 132 g/mol. The van der Waals surface area contributed by atoms with Crippen LogP contribution in [-0.4, -0.2) is 6.26 Å². The van der Waals surface area contributed by atoms with Gasteiger partial charge in [-0.3, -0.25) is 0 Å². The van der Waals surface area contributed by atoms with E-state index in [1.165, 1.54) is 11.8 Å². The van der Waals surface area contributed by atoms with Crippen molar-refractivity contribution in [2.75, 3.05) is 6.26 Å². The summed E-state index contributed by atoms with van der Waals surface area (Å²) in [5.74, 6) is 0. The molecule has 0 N–H and O–H groups in total. The molecule has 0 atom stereocenters. The maximum Gasteiger partial charge on any atom is 0.270 e. The van der Waals surface area contributed by atoms with E-state index in [9.17, 15) is 0 Å². The fourth-order valence-corrected chi connectivity index (χ4v) is 0.564. The summed E-state index contributed by atoms with van der Waals surface area (Å²) in [7, 11) is 0. The van der Waals surface area contributed by atoms with E-state index in [2.05, 4.69) is 4.85 Å². The van der Waals surface area contributed by atoms with Gasteiger partial charge in [-0.05, 0) is 18.1 Å². The van der Waals surface area contributed by atoms with Crippen molar-refractivity contribution >= 4 is 11.8 Å². The fourth-order valence-electron chi connectivity index (χ4n) is 0.279. The van der Waals surface area contributed by atoms with Crippen molar-refractivity contribution < 1.29 is 0 Å². The van der Waals surface area contributed by atoms with Crippen molar-refractivity contribution in [2.45, 2.75) is 6.92 Å². The Labute approximate surface area is 59.0 Å². The smallest absolute Gasteiger partial charge is 0.226 e. The number of allylic oxidation sites excluding steroid dienone is 2. The quantitative estimate of drug-likeness (QED) is 0.409. The molecule has 0 aromatic carbocycles. The van der Waals surface area contributed by atoms with Crippen molar-refractivity contribution in [3.05, 3.63) is 22.0 Å². The molecule has 0 bridgehead atoms. The maximum absolute atomic E-state index is 8.29. The van der Waals surface area contributed by atoms with Crippen LogP contribution in [0.15, 0.2) is 10.6 Å². The second-order valence-corrected chi connectivity index (χ2v) is 2.35. The Balaban J connectivity index is 4.49. The summed E-state index contributed by atoms with van der Waals surface area (Å²) in [6.07, 6.45) is 1.85. The summed E-state index contributed by atoms with van der Waals surface area (Å²) in [5.41, 5.74) is 0.197. The normalized spacial score (nSPS) is 11.1. The molecule has 0 spiro atoms. The van der Waals surface area contributed by atoms with Gasteiger partial charge in [0.1, 0.15) is 0 Å². The molecule has 46 valence electrons. The first kappa shape index (κ1) is 8.07. The molecule has 0 aromatic heterocycles. The van der Waals surface area contributed by atoms with Gasteiger partial charge in [0.25, 0.3) is 5.70 Å². The highest BCUT2D eigenvalue weighted by Gasteiger charge is 1.96. The van der Waals surface area contributed by atoms with Crippen LogP contribution in [0.5, 0.6) is 0 Å². The molecule has 0 rings (SSSR count). The van der Waals surface area contributed by atoms with Gasteiger partial charge in [0, 0.05) is 0 Å². The first-order valence-electron chi connectivity index (χ1n) is 2.28. The summed E-state index contributed by atoms with van der Waals surface area (Å²) in [6.45, 7) is 8.29. The molecule has 9 heavy (non-hydrogen) atoms. The third kappa shape index (κ3) is 2.21.